The van der Waals surface area contributed by atoms with Gasteiger partial charge >= 0.3 is 12.0 Å². The Morgan fingerprint density at radius 3 is 2.57 bits per heavy atom. The van der Waals surface area contributed by atoms with Crippen LogP contribution in [0.3, 0.4) is 0 Å². The van der Waals surface area contributed by atoms with Crippen LogP contribution in [0.15, 0.2) is 30.3 Å². The van der Waals surface area contributed by atoms with Crippen molar-refractivity contribution < 1.29 is 14.7 Å². The predicted octanol–water partition coefficient (Wildman–Crippen LogP) is 2.82. The predicted molar refractivity (Wildman–Crippen MR) is 87.0 cm³/mol. The molecule has 2 N–H and O–H groups in total. The molecule has 0 radical (unpaired) electrons. The maximum Gasteiger partial charge on any atom is 0.323 e. The van der Waals surface area contributed by atoms with Crippen molar-refractivity contribution in [2.24, 2.45) is 0 Å². The van der Waals surface area contributed by atoms with Gasteiger partial charge < -0.3 is 10.4 Å². The van der Waals surface area contributed by atoms with Gasteiger partial charge in [-0.05, 0) is 37.0 Å². The van der Waals surface area contributed by atoms with Crippen molar-refractivity contribution in [2.75, 3.05) is 23.0 Å². The molecular weight excluding hydrogens is 288 g/mol. The quantitative estimate of drug-likeness (QED) is 0.724. The number of carboxylic acids is 1. The van der Waals surface area contributed by atoms with Crippen LogP contribution in [-0.2, 0) is 4.79 Å². The van der Waals surface area contributed by atoms with Crippen LogP contribution in [0.25, 0.3) is 0 Å². The molecule has 1 rings (SSSR count). The molecule has 1 atom stereocenters. The lowest BCUT2D eigenvalue weighted by Gasteiger charge is -2.23. The van der Waals surface area contributed by atoms with Crippen LogP contribution in [0.4, 0.5) is 10.5 Å². The fraction of sp³-hybridized carbons (Fsp3) is 0.467. The highest BCUT2D eigenvalue weighted by Gasteiger charge is 2.19. The molecule has 0 aromatic heterocycles. The maximum atomic E-state index is 12.3. The molecule has 0 heterocycles. The Morgan fingerprint density at radius 2 is 2.00 bits per heavy atom. The van der Waals surface area contributed by atoms with Gasteiger partial charge in [-0.25, -0.2) is 4.79 Å². The SMILES string of the molecule is CCSCCC(C)NC(=O)N(CC(=O)O)c1ccccc1. The van der Waals surface area contributed by atoms with Crippen molar-refractivity contribution in [3.8, 4) is 0 Å². The number of thioether (sulfide) groups is 1. The van der Waals surface area contributed by atoms with Crippen LogP contribution >= 0.6 is 11.8 Å². The van der Waals surface area contributed by atoms with Crippen LogP contribution in [0.2, 0.25) is 0 Å². The number of aliphatic carboxylic acids is 1. The number of nitrogens with zero attached hydrogens (tertiary/aromatic N) is 1. The third kappa shape index (κ3) is 6.53. The summed E-state index contributed by atoms with van der Waals surface area (Å²) >= 11 is 1.82. The average Bonchev–Trinajstić information content (AvgIpc) is 2.45. The molecule has 116 valence electrons. The summed E-state index contributed by atoms with van der Waals surface area (Å²) in [6.45, 7) is 3.67. The molecule has 5 nitrogen and oxygen atoms in total. The van der Waals surface area contributed by atoms with Crippen LogP contribution in [0.1, 0.15) is 20.3 Å². The van der Waals surface area contributed by atoms with Gasteiger partial charge in [0.2, 0.25) is 0 Å². The molecule has 0 saturated carbocycles. The zero-order valence-corrected chi connectivity index (χ0v) is 13.2. The van der Waals surface area contributed by atoms with Gasteiger partial charge in [-0.2, -0.15) is 11.8 Å². The highest BCUT2D eigenvalue weighted by molar-refractivity contribution is 7.99. The van der Waals surface area contributed by atoms with E-state index in [1.54, 1.807) is 24.3 Å². The van der Waals surface area contributed by atoms with Crippen LogP contribution in [0, 0.1) is 0 Å². The normalized spacial score (nSPS) is 11.7. The molecule has 0 fully saturated rings. The number of carbonyl (C=O) groups is 2. The van der Waals surface area contributed by atoms with E-state index >= 15 is 0 Å². The molecule has 21 heavy (non-hydrogen) atoms. The highest BCUT2D eigenvalue weighted by atomic mass is 32.2. The summed E-state index contributed by atoms with van der Waals surface area (Å²) < 4.78 is 0. The smallest absolute Gasteiger partial charge is 0.323 e. The Bertz CT molecular complexity index is 453. The number of urea groups is 1. The molecule has 2 amide bonds. The van der Waals surface area contributed by atoms with Crippen LogP contribution in [-0.4, -0.2) is 41.2 Å². The van der Waals surface area contributed by atoms with E-state index in [1.165, 1.54) is 4.90 Å². The summed E-state index contributed by atoms with van der Waals surface area (Å²) in [6, 6.07) is 8.46. The molecule has 0 saturated heterocycles. The molecule has 0 aliphatic heterocycles. The lowest BCUT2D eigenvalue weighted by Crippen LogP contribution is -2.46. The topological polar surface area (TPSA) is 69.6 Å². The van der Waals surface area contributed by atoms with Gasteiger partial charge in [0.25, 0.3) is 0 Å². The Morgan fingerprint density at radius 1 is 1.33 bits per heavy atom. The summed E-state index contributed by atoms with van der Waals surface area (Å²) in [4.78, 5) is 24.5. The minimum Gasteiger partial charge on any atom is -0.480 e. The second-order valence-electron chi connectivity index (χ2n) is 4.65. The third-order valence-electron chi connectivity index (χ3n) is 2.88. The molecule has 0 aliphatic rings. The lowest BCUT2D eigenvalue weighted by molar-refractivity contribution is -0.135. The molecule has 6 heteroatoms. The van der Waals surface area contributed by atoms with E-state index in [0.717, 1.165) is 17.9 Å². The number of para-hydroxylation sites is 1. The zero-order valence-electron chi connectivity index (χ0n) is 12.4. The van der Waals surface area contributed by atoms with Gasteiger partial charge in [-0.3, -0.25) is 9.69 Å². The Hall–Kier alpha value is -1.69. The van der Waals surface area contributed by atoms with E-state index in [9.17, 15) is 9.59 Å². The second-order valence-corrected chi connectivity index (χ2v) is 6.05. The van der Waals surface area contributed by atoms with E-state index < -0.39 is 5.97 Å². The summed E-state index contributed by atoms with van der Waals surface area (Å²) in [7, 11) is 0. The third-order valence-corrected chi connectivity index (χ3v) is 3.81. The number of carbonyl (C=O) groups excluding carboxylic acids is 1. The number of hydrogen-bond donors (Lipinski definition) is 2. The standard InChI is InChI=1S/C15H22N2O3S/c1-3-21-10-9-12(2)16-15(20)17(11-14(18)19)13-7-5-4-6-8-13/h4-8,12H,3,9-11H2,1-2H3,(H,16,20)(H,18,19). The summed E-state index contributed by atoms with van der Waals surface area (Å²) in [6.07, 6.45) is 0.861. The van der Waals surface area contributed by atoms with Gasteiger partial charge in [-0.15, -0.1) is 0 Å². The number of rotatable bonds is 8. The number of carboxylic acid groups (broad SMARTS) is 1. The Balaban J connectivity index is 2.66. The lowest BCUT2D eigenvalue weighted by atomic mass is 10.2. The number of nitrogens with one attached hydrogen (secondary N) is 1. The van der Waals surface area contributed by atoms with Gasteiger partial charge in [-0.1, -0.05) is 25.1 Å². The van der Waals surface area contributed by atoms with Crippen molar-refractivity contribution in [3.05, 3.63) is 30.3 Å². The largest absolute Gasteiger partial charge is 0.480 e. The summed E-state index contributed by atoms with van der Waals surface area (Å²) in [5.74, 6) is 0.987. The maximum absolute atomic E-state index is 12.3. The Labute approximate surface area is 129 Å². The number of anilines is 1. The molecule has 0 bridgehead atoms. The Kier molecular flexibility index (Phi) is 7.68. The number of amides is 2. The number of benzene rings is 1. The monoisotopic (exact) mass is 310 g/mol. The van der Waals surface area contributed by atoms with E-state index in [-0.39, 0.29) is 18.6 Å². The summed E-state index contributed by atoms with van der Waals surface area (Å²) in [5.41, 5.74) is 0.576. The minimum absolute atomic E-state index is 0.0107. The first-order valence-electron chi connectivity index (χ1n) is 6.97. The van der Waals surface area contributed by atoms with Gasteiger partial charge in [0.15, 0.2) is 0 Å². The van der Waals surface area contributed by atoms with Crippen LogP contribution in [0.5, 0.6) is 0 Å². The van der Waals surface area contributed by atoms with E-state index in [2.05, 4.69) is 12.2 Å². The zero-order chi connectivity index (χ0) is 15.7. The first kappa shape index (κ1) is 17.4. The molecule has 0 aliphatic carbocycles. The second kappa shape index (κ2) is 9.28. The molecule has 1 aromatic rings. The van der Waals surface area contributed by atoms with E-state index in [1.807, 2.05) is 24.8 Å². The highest BCUT2D eigenvalue weighted by Crippen LogP contribution is 2.13. The van der Waals surface area contributed by atoms with Crippen molar-refractivity contribution in [2.45, 2.75) is 26.3 Å². The van der Waals surface area contributed by atoms with E-state index in [0.29, 0.717) is 5.69 Å². The fourth-order valence-electron chi connectivity index (χ4n) is 1.79. The molecular formula is C15H22N2O3S. The number of hydrogen-bond acceptors (Lipinski definition) is 3. The summed E-state index contributed by atoms with van der Waals surface area (Å²) in [5, 5.41) is 11.8. The van der Waals surface area contributed by atoms with Gasteiger partial charge in [0.05, 0.1) is 0 Å². The first-order chi connectivity index (χ1) is 10.0. The van der Waals surface area contributed by atoms with Crippen molar-refractivity contribution >= 4 is 29.4 Å². The van der Waals surface area contributed by atoms with Crippen molar-refractivity contribution in [1.29, 1.82) is 0 Å². The minimum atomic E-state index is -1.04. The van der Waals surface area contributed by atoms with Gasteiger partial charge in [0, 0.05) is 11.7 Å². The average molecular weight is 310 g/mol. The molecule has 1 aromatic carbocycles. The van der Waals surface area contributed by atoms with Gasteiger partial charge in [0.1, 0.15) is 6.54 Å². The van der Waals surface area contributed by atoms with E-state index in [4.69, 9.17) is 5.11 Å². The fourth-order valence-corrected chi connectivity index (χ4v) is 2.60. The molecule has 1 unspecified atom stereocenters. The van der Waals surface area contributed by atoms with Crippen molar-refractivity contribution in [3.63, 3.8) is 0 Å². The first-order valence-corrected chi connectivity index (χ1v) is 8.12. The van der Waals surface area contributed by atoms with Crippen LogP contribution < -0.4 is 10.2 Å². The molecule has 0 spiro atoms. The van der Waals surface area contributed by atoms with Crippen molar-refractivity contribution in [1.82, 2.24) is 5.32 Å².